The van der Waals surface area contributed by atoms with Crippen molar-refractivity contribution in [2.24, 2.45) is 5.73 Å². The van der Waals surface area contributed by atoms with Gasteiger partial charge >= 0.3 is 0 Å². The van der Waals surface area contributed by atoms with Gasteiger partial charge in [0.1, 0.15) is 0 Å². The van der Waals surface area contributed by atoms with Crippen LogP contribution in [0.3, 0.4) is 0 Å². The van der Waals surface area contributed by atoms with Crippen LogP contribution in [0.25, 0.3) is 0 Å². The highest BCUT2D eigenvalue weighted by Gasteiger charge is 2.33. The fourth-order valence-corrected chi connectivity index (χ4v) is 2.12. The van der Waals surface area contributed by atoms with Crippen LogP contribution >= 0.6 is 0 Å². The Morgan fingerprint density at radius 2 is 2.00 bits per heavy atom. The van der Waals surface area contributed by atoms with Crippen molar-refractivity contribution in [1.29, 1.82) is 0 Å². The molecule has 2 N–H and O–H groups in total. The fraction of sp³-hybridized carbons (Fsp3) is 0.357. The molecule has 1 unspecified atom stereocenters. The topological polar surface area (TPSA) is 43.1 Å². The molecule has 0 aromatic heterocycles. The molecule has 0 saturated heterocycles. The summed E-state index contributed by atoms with van der Waals surface area (Å²) in [5, 5.41) is 0. The third-order valence-corrected chi connectivity index (χ3v) is 2.99. The minimum Gasteiger partial charge on any atom is -0.326 e. The Labute approximate surface area is 103 Å². The molecule has 0 bridgehead atoms. The number of rotatable bonds is 6. The van der Waals surface area contributed by atoms with E-state index in [2.05, 4.69) is 6.58 Å². The van der Waals surface area contributed by atoms with Crippen molar-refractivity contribution >= 4 is 5.78 Å². The van der Waals surface area contributed by atoms with Gasteiger partial charge in [-0.2, -0.15) is 0 Å². The van der Waals surface area contributed by atoms with Crippen molar-refractivity contribution < 1.29 is 9.28 Å². The summed E-state index contributed by atoms with van der Waals surface area (Å²) in [7, 11) is 4.04. The number of nitrogens with two attached hydrogens (primary N) is 1. The lowest BCUT2D eigenvalue weighted by atomic mass is 9.99. The van der Waals surface area contributed by atoms with Crippen LogP contribution in [-0.2, 0) is 4.79 Å². The Morgan fingerprint density at radius 3 is 2.47 bits per heavy atom. The first-order valence-electron chi connectivity index (χ1n) is 5.77. The minimum atomic E-state index is -0.225. The van der Waals surface area contributed by atoms with Crippen LogP contribution in [0, 0.1) is 0 Å². The largest absolute Gasteiger partial charge is 0.326 e. The standard InChI is InChI=1S/C14H21N2O/c1-4-13(17)14(16(2,3)11-10-15)12-8-6-5-7-9-12/h4-9,14H,1,10-11,15H2,2-3H3/q+1. The third kappa shape index (κ3) is 3.25. The molecule has 92 valence electrons. The number of ketones is 1. The van der Waals surface area contributed by atoms with E-state index in [1.807, 2.05) is 44.4 Å². The van der Waals surface area contributed by atoms with Gasteiger partial charge in [0, 0.05) is 12.1 Å². The molecule has 0 fully saturated rings. The number of nitrogens with zero attached hydrogens (tertiary/aromatic N) is 1. The van der Waals surface area contributed by atoms with Gasteiger partial charge in [-0.15, -0.1) is 0 Å². The molecule has 0 aliphatic heterocycles. The lowest BCUT2D eigenvalue weighted by molar-refractivity contribution is -0.909. The summed E-state index contributed by atoms with van der Waals surface area (Å²) in [6.45, 7) is 4.90. The number of benzene rings is 1. The zero-order valence-corrected chi connectivity index (χ0v) is 10.6. The van der Waals surface area contributed by atoms with E-state index in [1.54, 1.807) is 0 Å². The van der Waals surface area contributed by atoms with E-state index >= 15 is 0 Å². The molecule has 1 rings (SSSR count). The zero-order valence-electron chi connectivity index (χ0n) is 10.6. The van der Waals surface area contributed by atoms with E-state index in [4.69, 9.17) is 5.73 Å². The summed E-state index contributed by atoms with van der Waals surface area (Å²) in [5.74, 6) is 0.0367. The Bertz CT molecular complexity index is 384. The zero-order chi connectivity index (χ0) is 12.9. The molecule has 1 atom stereocenters. The van der Waals surface area contributed by atoms with Crippen LogP contribution in [0.4, 0.5) is 0 Å². The number of hydrogen-bond acceptors (Lipinski definition) is 2. The summed E-state index contributed by atoms with van der Waals surface area (Å²) in [6.07, 6.45) is 1.40. The molecule has 0 saturated carbocycles. The quantitative estimate of drug-likeness (QED) is 0.598. The molecule has 0 aliphatic carbocycles. The number of carbonyl (C=O) groups excluding carboxylic acids is 1. The van der Waals surface area contributed by atoms with Crippen molar-refractivity contribution in [2.75, 3.05) is 27.2 Å². The summed E-state index contributed by atoms with van der Waals surface area (Å²) in [4.78, 5) is 12.1. The Morgan fingerprint density at radius 1 is 1.41 bits per heavy atom. The van der Waals surface area contributed by atoms with Crippen LogP contribution in [0.5, 0.6) is 0 Å². The molecule has 0 aliphatic rings. The predicted octanol–water partition coefficient (Wildman–Crippen LogP) is 1.52. The molecule has 1 aromatic rings. The Balaban J connectivity index is 3.13. The Kier molecular flexibility index (Phi) is 4.61. The molecular formula is C14H21N2O+. The highest BCUT2D eigenvalue weighted by Crippen LogP contribution is 2.25. The van der Waals surface area contributed by atoms with Crippen LogP contribution in [0.15, 0.2) is 43.0 Å². The van der Waals surface area contributed by atoms with Crippen molar-refractivity contribution in [3.05, 3.63) is 48.6 Å². The molecule has 0 heterocycles. The summed E-state index contributed by atoms with van der Waals surface area (Å²) in [6, 6.07) is 9.56. The fourth-order valence-electron chi connectivity index (χ4n) is 2.12. The van der Waals surface area contributed by atoms with E-state index in [9.17, 15) is 4.79 Å². The average Bonchev–Trinajstić information content (AvgIpc) is 2.30. The molecule has 0 spiro atoms. The lowest BCUT2D eigenvalue weighted by Gasteiger charge is -2.36. The van der Waals surface area contributed by atoms with Gasteiger partial charge in [0.2, 0.25) is 5.78 Å². The van der Waals surface area contributed by atoms with Gasteiger partial charge in [0.05, 0.1) is 20.6 Å². The highest BCUT2D eigenvalue weighted by molar-refractivity contribution is 5.93. The van der Waals surface area contributed by atoms with Crippen molar-refractivity contribution in [1.82, 2.24) is 0 Å². The second-order valence-electron chi connectivity index (χ2n) is 4.71. The van der Waals surface area contributed by atoms with Gasteiger partial charge in [-0.1, -0.05) is 36.9 Å². The highest BCUT2D eigenvalue weighted by atomic mass is 16.1. The number of carbonyl (C=O) groups is 1. The molecule has 3 heteroatoms. The lowest BCUT2D eigenvalue weighted by Crippen LogP contribution is -2.49. The number of hydrogen-bond donors (Lipinski definition) is 1. The van der Waals surface area contributed by atoms with E-state index in [1.165, 1.54) is 6.08 Å². The molecule has 3 nitrogen and oxygen atoms in total. The summed E-state index contributed by atoms with van der Waals surface area (Å²) < 4.78 is 0.547. The van der Waals surface area contributed by atoms with Gasteiger partial charge in [0.25, 0.3) is 0 Å². The number of quaternary nitrogens is 1. The maximum atomic E-state index is 12.1. The molecule has 0 amide bonds. The van der Waals surface area contributed by atoms with Gasteiger partial charge in [-0.3, -0.25) is 4.79 Å². The first-order valence-corrected chi connectivity index (χ1v) is 5.77. The van der Waals surface area contributed by atoms with Crippen molar-refractivity contribution in [2.45, 2.75) is 6.04 Å². The molecule has 0 radical (unpaired) electrons. The number of likely N-dealkylation sites (N-methyl/N-ethyl adjacent to an activating group) is 1. The third-order valence-electron chi connectivity index (χ3n) is 2.99. The van der Waals surface area contributed by atoms with Gasteiger partial charge in [-0.05, 0) is 6.08 Å². The first kappa shape index (κ1) is 13.6. The van der Waals surface area contributed by atoms with Gasteiger partial charge in [-0.25, -0.2) is 0 Å². The molecule has 17 heavy (non-hydrogen) atoms. The summed E-state index contributed by atoms with van der Waals surface area (Å²) >= 11 is 0. The normalized spacial score (nSPS) is 13.1. The smallest absolute Gasteiger partial charge is 0.217 e. The van der Waals surface area contributed by atoms with Crippen LogP contribution in [0.1, 0.15) is 11.6 Å². The minimum absolute atomic E-state index is 0.0367. The maximum absolute atomic E-state index is 12.1. The van der Waals surface area contributed by atoms with E-state index in [0.29, 0.717) is 11.0 Å². The van der Waals surface area contributed by atoms with E-state index < -0.39 is 0 Å². The predicted molar refractivity (Wildman–Crippen MR) is 70.4 cm³/mol. The molecular weight excluding hydrogens is 212 g/mol. The van der Waals surface area contributed by atoms with E-state index in [-0.39, 0.29) is 11.8 Å². The Hall–Kier alpha value is -1.45. The molecule has 1 aromatic carbocycles. The second kappa shape index (κ2) is 5.75. The average molecular weight is 233 g/mol. The summed E-state index contributed by atoms with van der Waals surface area (Å²) in [5.41, 5.74) is 6.63. The second-order valence-corrected chi connectivity index (χ2v) is 4.71. The van der Waals surface area contributed by atoms with Crippen LogP contribution in [0.2, 0.25) is 0 Å². The monoisotopic (exact) mass is 233 g/mol. The van der Waals surface area contributed by atoms with Crippen molar-refractivity contribution in [3.8, 4) is 0 Å². The SMILES string of the molecule is C=CC(=O)C(c1ccccc1)[N+](C)(C)CCN. The first-order chi connectivity index (χ1) is 8.03. The van der Waals surface area contributed by atoms with Crippen LogP contribution < -0.4 is 5.73 Å². The van der Waals surface area contributed by atoms with Gasteiger partial charge in [0.15, 0.2) is 6.04 Å². The van der Waals surface area contributed by atoms with Gasteiger partial charge < -0.3 is 10.2 Å². The van der Waals surface area contributed by atoms with E-state index in [0.717, 1.165) is 12.1 Å². The van der Waals surface area contributed by atoms with Crippen LogP contribution in [-0.4, -0.2) is 37.5 Å². The van der Waals surface area contributed by atoms with Crippen molar-refractivity contribution in [3.63, 3.8) is 0 Å². The maximum Gasteiger partial charge on any atom is 0.217 e.